The predicted molar refractivity (Wildman–Crippen MR) is 115 cm³/mol. The fourth-order valence-corrected chi connectivity index (χ4v) is 4.35. The molecule has 0 saturated heterocycles. The SMILES string of the molecule is CCC(=O)C1C=CC(OCc2cccc(OC3=CC=C(C4=[NH+]N4)C4CC34)c2)=C(C)C1O. The fraction of sp³-hybridized carbons (Fsp3) is 0.360. The summed E-state index contributed by atoms with van der Waals surface area (Å²) in [5.74, 6) is 4.12. The molecule has 4 unspecified atom stereocenters. The molecule has 0 bridgehead atoms. The van der Waals surface area contributed by atoms with Gasteiger partial charge in [-0.2, -0.15) is 0 Å². The Morgan fingerprint density at radius 2 is 2.13 bits per heavy atom. The van der Waals surface area contributed by atoms with Crippen LogP contribution in [0.4, 0.5) is 0 Å². The lowest BCUT2D eigenvalue weighted by Crippen LogP contribution is -2.52. The van der Waals surface area contributed by atoms with Crippen LogP contribution < -0.4 is 15.3 Å². The number of ketones is 1. The number of aliphatic hydroxyl groups is 1. The average Bonchev–Trinajstić information content (AvgIpc) is 3.68. The number of Topliss-reactive ketones (excluding diaryl/α,β-unsaturated/α-hetero) is 1. The number of aliphatic hydroxyl groups excluding tert-OH is 1. The lowest BCUT2D eigenvalue weighted by molar-refractivity contribution is -0.409. The second kappa shape index (κ2) is 7.85. The summed E-state index contributed by atoms with van der Waals surface area (Å²) in [5.41, 5.74) is 6.08. The van der Waals surface area contributed by atoms with Crippen molar-refractivity contribution in [3.63, 3.8) is 0 Å². The van der Waals surface area contributed by atoms with Gasteiger partial charge in [0.25, 0.3) is 0 Å². The summed E-state index contributed by atoms with van der Waals surface area (Å²) in [6.07, 6.45) is 8.44. The number of nitrogens with one attached hydrogen (secondary N) is 2. The van der Waals surface area contributed by atoms with Gasteiger partial charge in [0.2, 0.25) is 0 Å². The molecule has 3 aliphatic carbocycles. The van der Waals surface area contributed by atoms with E-state index in [-0.39, 0.29) is 5.78 Å². The Morgan fingerprint density at radius 3 is 2.90 bits per heavy atom. The summed E-state index contributed by atoms with van der Waals surface area (Å²) < 4.78 is 12.1. The number of rotatable bonds is 8. The molecule has 6 nitrogen and oxygen atoms in total. The molecule has 1 aromatic carbocycles. The van der Waals surface area contributed by atoms with Crippen LogP contribution in [0, 0.1) is 17.8 Å². The van der Waals surface area contributed by atoms with Gasteiger partial charge in [0.15, 0.2) is 0 Å². The second-order valence-corrected chi connectivity index (χ2v) is 8.50. The smallest absolute Gasteiger partial charge is 0.351 e. The third kappa shape index (κ3) is 3.95. The first-order chi connectivity index (χ1) is 15.0. The van der Waals surface area contributed by atoms with E-state index in [4.69, 9.17) is 9.47 Å². The summed E-state index contributed by atoms with van der Waals surface area (Å²) in [7, 11) is 0. The Balaban J connectivity index is 1.23. The van der Waals surface area contributed by atoms with Crippen molar-refractivity contribution in [3.05, 3.63) is 76.8 Å². The molecule has 1 aromatic rings. The third-order valence-corrected chi connectivity index (χ3v) is 6.40. The molecule has 0 radical (unpaired) electrons. The van der Waals surface area contributed by atoms with Crippen LogP contribution in [0.3, 0.4) is 0 Å². The molecular formula is C25H27N2O4+. The Kier molecular flexibility index (Phi) is 5.02. The molecule has 1 saturated carbocycles. The summed E-state index contributed by atoms with van der Waals surface area (Å²) in [5, 5.41) is 13.5. The molecule has 0 amide bonds. The van der Waals surface area contributed by atoms with Crippen molar-refractivity contribution in [1.82, 2.24) is 5.43 Å². The summed E-state index contributed by atoms with van der Waals surface area (Å²) in [6.45, 7) is 3.98. The molecule has 1 fully saturated rings. The van der Waals surface area contributed by atoms with Crippen molar-refractivity contribution in [2.24, 2.45) is 17.8 Å². The standard InChI is InChI=1S/C25H26N2O4/c1-3-21(28)18-8-9-22(14(2)24(18)29)30-13-15-5-4-6-16(11-15)31-23-10-7-17(25-26-27-25)19-12-20(19)23/h4-11,18-20,24,29H,3,12-13H2,1-2H3,(H,26,27)/p+1. The van der Waals surface area contributed by atoms with Gasteiger partial charge in [0.1, 0.15) is 29.7 Å². The highest BCUT2D eigenvalue weighted by Gasteiger charge is 2.50. The monoisotopic (exact) mass is 419 g/mol. The van der Waals surface area contributed by atoms with E-state index in [1.54, 1.807) is 12.2 Å². The Labute approximate surface area is 181 Å². The van der Waals surface area contributed by atoms with Crippen molar-refractivity contribution >= 4 is 11.6 Å². The van der Waals surface area contributed by atoms with Crippen molar-refractivity contribution in [1.29, 1.82) is 0 Å². The van der Waals surface area contributed by atoms with Gasteiger partial charge in [0, 0.05) is 18.3 Å². The minimum absolute atomic E-state index is 0.0344. The lowest BCUT2D eigenvalue weighted by atomic mass is 9.87. The number of fused-ring (bicyclic) bond motifs is 1. The maximum absolute atomic E-state index is 12.0. The summed E-state index contributed by atoms with van der Waals surface area (Å²) in [6, 6.07) is 7.89. The largest absolute Gasteiger partial charge is 0.489 e. The van der Waals surface area contributed by atoms with Crippen LogP contribution in [-0.2, 0) is 16.1 Å². The number of carbonyl (C=O) groups is 1. The van der Waals surface area contributed by atoms with Gasteiger partial charge in [-0.15, -0.1) is 0 Å². The van der Waals surface area contributed by atoms with E-state index in [2.05, 4.69) is 22.7 Å². The Hall–Kier alpha value is -3.12. The zero-order valence-electron chi connectivity index (χ0n) is 17.7. The molecule has 4 aliphatic rings. The number of benzene rings is 1. The topological polar surface area (TPSA) is 91.7 Å². The van der Waals surface area contributed by atoms with E-state index in [0.717, 1.165) is 29.3 Å². The van der Waals surface area contributed by atoms with Gasteiger partial charge in [0.05, 0.1) is 17.6 Å². The zero-order chi connectivity index (χ0) is 21.5. The van der Waals surface area contributed by atoms with Gasteiger partial charge in [-0.1, -0.05) is 35.7 Å². The van der Waals surface area contributed by atoms with Crippen LogP contribution >= 0.6 is 0 Å². The van der Waals surface area contributed by atoms with Crippen molar-refractivity contribution in [2.45, 2.75) is 39.4 Å². The van der Waals surface area contributed by atoms with E-state index >= 15 is 0 Å². The minimum Gasteiger partial charge on any atom is -0.489 e. The number of ether oxygens (including phenoxy) is 2. The first-order valence-electron chi connectivity index (χ1n) is 10.9. The Morgan fingerprint density at radius 1 is 1.29 bits per heavy atom. The molecule has 1 aliphatic heterocycles. The minimum atomic E-state index is -0.830. The maximum Gasteiger partial charge on any atom is 0.351 e. The molecule has 1 heterocycles. The number of hydrazone groups is 1. The Bertz CT molecular complexity index is 1080. The molecule has 31 heavy (non-hydrogen) atoms. The van der Waals surface area contributed by atoms with Gasteiger partial charge < -0.3 is 14.6 Å². The first-order valence-corrected chi connectivity index (χ1v) is 10.9. The highest BCUT2D eigenvalue weighted by atomic mass is 16.5. The number of amidine groups is 1. The lowest BCUT2D eigenvalue weighted by Gasteiger charge is -2.25. The van der Waals surface area contributed by atoms with Gasteiger partial charge in [-0.05, 0) is 54.8 Å². The fourth-order valence-electron chi connectivity index (χ4n) is 4.35. The molecule has 6 heteroatoms. The maximum atomic E-state index is 12.0. The molecular weight excluding hydrogens is 392 g/mol. The zero-order valence-corrected chi connectivity index (χ0v) is 17.7. The third-order valence-electron chi connectivity index (χ3n) is 6.40. The van der Waals surface area contributed by atoms with Crippen LogP contribution in [0.1, 0.15) is 32.3 Å². The van der Waals surface area contributed by atoms with E-state index in [0.29, 0.717) is 36.2 Å². The van der Waals surface area contributed by atoms with Crippen LogP contribution in [-0.4, -0.2) is 22.8 Å². The van der Waals surface area contributed by atoms with Crippen LogP contribution in [0.25, 0.3) is 0 Å². The summed E-state index contributed by atoms with van der Waals surface area (Å²) >= 11 is 0. The molecule has 4 atom stereocenters. The number of hydrogen-bond donors (Lipinski definition) is 3. The number of allylic oxidation sites excluding steroid dienone is 4. The highest BCUT2D eigenvalue weighted by Crippen LogP contribution is 2.51. The average molecular weight is 420 g/mol. The van der Waals surface area contributed by atoms with Gasteiger partial charge in [-0.3, -0.25) is 4.79 Å². The van der Waals surface area contributed by atoms with Crippen molar-refractivity contribution in [2.75, 3.05) is 0 Å². The predicted octanol–water partition coefficient (Wildman–Crippen LogP) is 1.84. The van der Waals surface area contributed by atoms with Gasteiger partial charge in [-0.25, -0.2) is 0 Å². The van der Waals surface area contributed by atoms with Crippen molar-refractivity contribution in [3.8, 4) is 5.75 Å². The number of hydrazine groups is 1. The van der Waals surface area contributed by atoms with E-state index in [9.17, 15) is 9.90 Å². The van der Waals surface area contributed by atoms with Gasteiger partial charge >= 0.3 is 5.84 Å². The first kappa shape index (κ1) is 19.8. The van der Waals surface area contributed by atoms with Crippen LogP contribution in [0.5, 0.6) is 5.75 Å². The molecule has 0 spiro atoms. The highest BCUT2D eigenvalue weighted by molar-refractivity contribution is 5.98. The van der Waals surface area contributed by atoms with Crippen LogP contribution in [0.15, 0.2) is 71.2 Å². The normalized spacial score (nSPS) is 28.0. The molecule has 5 rings (SSSR count). The second-order valence-electron chi connectivity index (χ2n) is 8.50. The van der Waals surface area contributed by atoms with E-state index < -0.39 is 12.0 Å². The van der Waals surface area contributed by atoms with E-state index in [1.807, 2.05) is 38.1 Å². The number of hydrogen-bond acceptors (Lipinski definition) is 5. The van der Waals surface area contributed by atoms with Crippen LogP contribution in [0.2, 0.25) is 0 Å². The molecule has 0 aromatic heterocycles. The quantitative estimate of drug-likeness (QED) is 0.598. The molecule has 3 N–H and O–H groups in total. The summed E-state index contributed by atoms with van der Waals surface area (Å²) in [4.78, 5) is 12.0. The van der Waals surface area contributed by atoms with E-state index in [1.165, 1.54) is 5.57 Å². The number of carbonyl (C=O) groups excluding carboxylic acids is 1. The molecule has 160 valence electrons. The van der Waals surface area contributed by atoms with Crippen molar-refractivity contribution < 1.29 is 24.5 Å².